The van der Waals surface area contributed by atoms with E-state index in [2.05, 4.69) is 42.4 Å². The molecule has 1 unspecified atom stereocenters. The molecule has 0 bridgehead atoms. The van der Waals surface area contributed by atoms with Gasteiger partial charge < -0.3 is 15.1 Å². The molecule has 2 amide bonds. The smallest absolute Gasteiger partial charge is 0.223 e. The lowest BCUT2D eigenvalue weighted by molar-refractivity contribution is -0.134. The van der Waals surface area contributed by atoms with Crippen molar-refractivity contribution in [3.8, 4) is 0 Å². The predicted octanol–water partition coefficient (Wildman–Crippen LogP) is 2.55. The monoisotopic (exact) mass is 343 g/mol. The molecule has 0 spiro atoms. The minimum Gasteiger partial charge on any atom is -0.372 e. The van der Waals surface area contributed by atoms with Crippen LogP contribution in [0.4, 0.5) is 5.69 Å². The highest BCUT2D eigenvalue weighted by Crippen LogP contribution is 2.29. The van der Waals surface area contributed by atoms with E-state index in [1.54, 1.807) is 0 Å². The van der Waals surface area contributed by atoms with Gasteiger partial charge in [0.25, 0.3) is 0 Å². The highest BCUT2D eigenvalue weighted by atomic mass is 16.2. The number of rotatable bonds is 6. The van der Waals surface area contributed by atoms with Crippen LogP contribution >= 0.6 is 0 Å². The van der Waals surface area contributed by atoms with Crippen molar-refractivity contribution in [2.45, 2.75) is 51.6 Å². The van der Waals surface area contributed by atoms with Gasteiger partial charge in [-0.1, -0.05) is 25.1 Å². The van der Waals surface area contributed by atoms with Crippen molar-refractivity contribution in [3.63, 3.8) is 0 Å². The molecule has 1 fully saturated rings. The third-order valence-electron chi connectivity index (χ3n) is 5.28. The third-order valence-corrected chi connectivity index (χ3v) is 5.28. The molecule has 1 saturated carbocycles. The lowest BCUT2D eigenvalue weighted by atomic mass is 10.1. The SMILES string of the molecule is CCC1CN(C)c2ccccc2CN1C(=O)CCCNC(=O)C1CC1. The lowest BCUT2D eigenvalue weighted by Gasteiger charge is -2.31. The number of benzene rings is 1. The topological polar surface area (TPSA) is 52.6 Å². The second-order valence-electron chi connectivity index (χ2n) is 7.26. The second-order valence-corrected chi connectivity index (χ2v) is 7.26. The summed E-state index contributed by atoms with van der Waals surface area (Å²) < 4.78 is 0. The number of para-hydroxylation sites is 1. The van der Waals surface area contributed by atoms with E-state index in [-0.39, 0.29) is 23.8 Å². The Morgan fingerprint density at radius 1 is 1.24 bits per heavy atom. The van der Waals surface area contributed by atoms with Crippen molar-refractivity contribution in [1.29, 1.82) is 0 Å². The Morgan fingerprint density at radius 3 is 2.72 bits per heavy atom. The Labute approximate surface area is 150 Å². The molecular formula is C20H29N3O2. The van der Waals surface area contributed by atoms with Crippen LogP contribution in [-0.2, 0) is 16.1 Å². The summed E-state index contributed by atoms with van der Waals surface area (Å²) in [6, 6.07) is 8.56. The van der Waals surface area contributed by atoms with E-state index < -0.39 is 0 Å². The highest BCUT2D eigenvalue weighted by molar-refractivity contribution is 5.81. The van der Waals surface area contributed by atoms with E-state index in [0.29, 0.717) is 25.9 Å². The van der Waals surface area contributed by atoms with Crippen molar-refractivity contribution >= 4 is 17.5 Å². The average molecular weight is 343 g/mol. The Kier molecular flexibility index (Phi) is 5.61. The maximum Gasteiger partial charge on any atom is 0.223 e. The van der Waals surface area contributed by atoms with Crippen molar-refractivity contribution in [1.82, 2.24) is 10.2 Å². The molecule has 0 aromatic heterocycles. The van der Waals surface area contributed by atoms with Crippen LogP contribution in [-0.4, -0.2) is 42.9 Å². The fourth-order valence-electron chi connectivity index (χ4n) is 3.57. The Morgan fingerprint density at radius 2 is 2.00 bits per heavy atom. The summed E-state index contributed by atoms with van der Waals surface area (Å²) in [5, 5.41) is 2.95. The summed E-state index contributed by atoms with van der Waals surface area (Å²) in [7, 11) is 2.10. The minimum atomic E-state index is 0.157. The number of anilines is 1. The first-order valence-electron chi connectivity index (χ1n) is 9.46. The van der Waals surface area contributed by atoms with Crippen molar-refractivity contribution in [2.75, 3.05) is 25.0 Å². The minimum absolute atomic E-state index is 0.157. The van der Waals surface area contributed by atoms with Gasteiger partial charge in [-0.2, -0.15) is 0 Å². The zero-order valence-corrected chi connectivity index (χ0v) is 15.3. The molecule has 5 nitrogen and oxygen atoms in total. The van der Waals surface area contributed by atoms with Crippen LogP contribution < -0.4 is 10.2 Å². The number of amides is 2. The predicted molar refractivity (Wildman–Crippen MR) is 99.3 cm³/mol. The van der Waals surface area contributed by atoms with Crippen molar-refractivity contribution < 1.29 is 9.59 Å². The van der Waals surface area contributed by atoms with Crippen LogP contribution in [0.1, 0.15) is 44.6 Å². The van der Waals surface area contributed by atoms with E-state index in [9.17, 15) is 9.59 Å². The van der Waals surface area contributed by atoms with E-state index in [1.807, 2.05) is 11.0 Å². The fraction of sp³-hybridized carbons (Fsp3) is 0.600. The zero-order chi connectivity index (χ0) is 17.8. The van der Waals surface area contributed by atoms with Gasteiger partial charge in [0.2, 0.25) is 11.8 Å². The van der Waals surface area contributed by atoms with E-state index in [0.717, 1.165) is 25.8 Å². The maximum absolute atomic E-state index is 12.8. The standard InChI is InChI=1S/C20H29N3O2/c1-3-17-14-22(2)18-8-5-4-7-16(18)13-23(17)19(24)9-6-12-21-20(25)15-10-11-15/h4-5,7-8,15,17H,3,6,9-14H2,1-2H3,(H,21,25). The number of hydrogen-bond acceptors (Lipinski definition) is 3. The molecule has 2 aliphatic rings. The molecular weight excluding hydrogens is 314 g/mol. The van der Waals surface area contributed by atoms with Crippen LogP contribution in [0.25, 0.3) is 0 Å². The molecule has 25 heavy (non-hydrogen) atoms. The molecule has 1 aliphatic carbocycles. The first kappa shape index (κ1) is 17.8. The molecule has 1 aromatic rings. The molecule has 136 valence electrons. The van der Waals surface area contributed by atoms with E-state index >= 15 is 0 Å². The van der Waals surface area contributed by atoms with Gasteiger partial charge in [-0.3, -0.25) is 9.59 Å². The number of nitrogens with one attached hydrogen (secondary N) is 1. The summed E-state index contributed by atoms with van der Waals surface area (Å²) in [4.78, 5) is 28.8. The van der Waals surface area contributed by atoms with Gasteiger partial charge in [-0.25, -0.2) is 0 Å². The molecule has 5 heteroatoms. The number of nitrogens with zero attached hydrogens (tertiary/aromatic N) is 2. The lowest BCUT2D eigenvalue weighted by Crippen LogP contribution is -2.43. The Balaban J connectivity index is 1.58. The Bertz CT molecular complexity index is 627. The summed E-state index contributed by atoms with van der Waals surface area (Å²) in [6.07, 6.45) is 4.19. The molecule has 1 atom stereocenters. The van der Waals surface area contributed by atoms with Crippen LogP contribution in [0.5, 0.6) is 0 Å². The number of carbonyl (C=O) groups excluding carboxylic acids is 2. The van der Waals surface area contributed by atoms with Crippen LogP contribution in [0, 0.1) is 5.92 Å². The first-order chi connectivity index (χ1) is 12.1. The average Bonchev–Trinajstić information content (AvgIpc) is 3.46. The second kappa shape index (κ2) is 7.89. The highest BCUT2D eigenvalue weighted by Gasteiger charge is 2.30. The summed E-state index contributed by atoms with van der Waals surface area (Å²) in [5.74, 6) is 0.583. The molecule has 1 N–H and O–H groups in total. The van der Waals surface area contributed by atoms with Gasteiger partial charge in [0.15, 0.2) is 0 Å². The molecule has 1 aromatic carbocycles. The number of hydrogen-bond donors (Lipinski definition) is 1. The maximum atomic E-state index is 12.8. The summed E-state index contributed by atoms with van der Waals surface area (Å²) in [6.45, 7) is 4.27. The number of fused-ring (bicyclic) bond motifs is 1. The number of carbonyl (C=O) groups is 2. The van der Waals surface area contributed by atoms with Crippen LogP contribution in [0.2, 0.25) is 0 Å². The van der Waals surface area contributed by atoms with Crippen molar-refractivity contribution in [2.24, 2.45) is 5.92 Å². The van der Waals surface area contributed by atoms with Gasteiger partial charge in [-0.15, -0.1) is 0 Å². The molecule has 0 saturated heterocycles. The number of likely N-dealkylation sites (N-methyl/N-ethyl adjacent to an activating group) is 1. The largest absolute Gasteiger partial charge is 0.372 e. The van der Waals surface area contributed by atoms with Gasteiger partial charge in [0, 0.05) is 50.7 Å². The zero-order valence-electron chi connectivity index (χ0n) is 15.3. The fourth-order valence-corrected chi connectivity index (χ4v) is 3.57. The normalized spacial score (nSPS) is 20.0. The van der Waals surface area contributed by atoms with Crippen molar-refractivity contribution in [3.05, 3.63) is 29.8 Å². The Hall–Kier alpha value is -2.04. The third kappa shape index (κ3) is 4.33. The van der Waals surface area contributed by atoms with Gasteiger partial charge in [0.1, 0.15) is 0 Å². The molecule has 1 aliphatic heterocycles. The van der Waals surface area contributed by atoms with Gasteiger partial charge in [-0.05, 0) is 37.3 Å². The summed E-state index contributed by atoms with van der Waals surface area (Å²) >= 11 is 0. The van der Waals surface area contributed by atoms with Gasteiger partial charge in [0.05, 0.1) is 0 Å². The first-order valence-corrected chi connectivity index (χ1v) is 9.46. The van der Waals surface area contributed by atoms with Crippen LogP contribution in [0.3, 0.4) is 0 Å². The van der Waals surface area contributed by atoms with E-state index in [4.69, 9.17) is 0 Å². The molecule has 0 radical (unpaired) electrons. The van der Waals surface area contributed by atoms with Gasteiger partial charge >= 0.3 is 0 Å². The quantitative estimate of drug-likeness (QED) is 0.808. The van der Waals surface area contributed by atoms with E-state index in [1.165, 1.54) is 11.3 Å². The molecule has 3 rings (SSSR count). The summed E-state index contributed by atoms with van der Waals surface area (Å²) in [5.41, 5.74) is 2.42. The van der Waals surface area contributed by atoms with Crippen LogP contribution in [0.15, 0.2) is 24.3 Å². The molecule has 1 heterocycles.